The minimum atomic E-state index is -1.09. The minimum absolute atomic E-state index is 0.0928. The van der Waals surface area contributed by atoms with Crippen LogP contribution in [0.4, 0.5) is 20.7 Å². The first kappa shape index (κ1) is 20.6. The fourth-order valence-corrected chi connectivity index (χ4v) is 4.13. The molecule has 5 aromatic rings. The quantitative estimate of drug-likeness (QED) is 0.311. The van der Waals surface area contributed by atoms with Crippen LogP contribution < -0.4 is 15.4 Å². The monoisotopic (exact) mass is 464 g/mol. The van der Waals surface area contributed by atoms with Crippen LogP contribution in [0.5, 0.6) is 11.5 Å². The number of hydrogen-bond acceptors (Lipinski definition) is 7. The lowest BCUT2D eigenvalue weighted by Gasteiger charge is -2.12. The van der Waals surface area contributed by atoms with Crippen molar-refractivity contribution in [2.45, 2.75) is 6.54 Å². The fraction of sp³-hybridized carbons (Fsp3) is 0.0909. The number of nitrogens with zero attached hydrogens (tertiary/aromatic N) is 4. The molecule has 5 rings (SSSR count). The zero-order valence-electron chi connectivity index (χ0n) is 17.0. The Morgan fingerprint density at radius 1 is 1.18 bits per heavy atom. The second-order valence-electron chi connectivity index (χ2n) is 7.06. The zero-order chi connectivity index (χ0) is 22.8. The summed E-state index contributed by atoms with van der Waals surface area (Å²) in [5.41, 5.74) is 1.84. The Morgan fingerprint density at radius 2 is 2.09 bits per heavy atom. The van der Waals surface area contributed by atoms with E-state index in [-0.39, 0.29) is 12.3 Å². The Labute approximate surface area is 190 Å². The van der Waals surface area contributed by atoms with Crippen LogP contribution >= 0.6 is 11.5 Å². The summed E-state index contributed by atoms with van der Waals surface area (Å²) in [5, 5.41) is 15.1. The van der Waals surface area contributed by atoms with E-state index in [0.717, 1.165) is 10.1 Å². The van der Waals surface area contributed by atoms with E-state index < -0.39 is 11.9 Å². The van der Waals surface area contributed by atoms with Gasteiger partial charge in [0, 0.05) is 31.0 Å². The smallest absolute Gasteiger partial charge is 0.404 e. The van der Waals surface area contributed by atoms with Crippen LogP contribution in [0.2, 0.25) is 0 Å². The molecule has 3 aromatic heterocycles. The van der Waals surface area contributed by atoms with Crippen LogP contribution in [0.25, 0.3) is 21.1 Å². The number of rotatable bonds is 7. The van der Waals surface area contributed by atoms with E-state index in [0.29, 0.717) is 34.8 Å². The number of amides is 1. The average molecular weight is 464 g/mol. The third-order valence-electron chi connectivity index (χ3n) is 4.95. The SMILES string of the molecule is O=C(O)NCCn1ccc2ncnc(Nc3ccc(Oc4cccc5sncc45)c(F)c3)c21. The molecule has 2 aromatic carbocycles. The van der Waals surface area contributed by atoms with Crippen molar-refractivity contribution in [1.82, 2.24) is 24.2 Å². The fourth-order valence-electron chi connectivity index (χ4n) is 3.47. The lowest BCUT2D eigenvalue weighted by atomic mass is 10.2. The van der Waals surface area contributed by atoms with Crippen LogP contribution in [-0.4, -0.2) is 36.7 Å². The Hall–Kier alpha value is -4.25. The largest absolute Gasteiger partial charge is 0.465 e. The first-order chi connectivity index (χ1) is 16.1. The third-order valence-corrected chi connectivity index (χ3v) is 5.72. The van der Waals surface area contributed by atoms with Gasteiger partial charge in [-0.25, -0.2) is 19.2 Å². The molecule has 0 bridgehead atoms. The summed E-state index contributed by atoms with van der Waals surface area (Å²) < 4.78 is 27.6. The van der Waals surface area contributed by atoms with Gasteiger partial charge >= 0.3 is 6.09 Å². The standard InChI is InChI=1S/C22H17FN6O3S/c23-15-10-13(4-5-18(15)32-17-2-1-3-19-14(17)11-27-33-19)28-21-20-16(25-12-26-21)6-8-29(20)9-7-24-22(30)31/h1-6,8,10-12,24H,7,9H2,(H,30,31)(H,25,26,28). The van der Waals surface area contributed by atoms with Crippen molar-refractivity contribution in [2.75, 3.05) is 11.9 Å². The Kier molecular flexibility index (Phi) is 5.45. The molecule has 1 amide bonds. The normalized spacial score (nSPS) is 11.1. The molecule has 0 unspecified atom stereocenters. The summed E-state index contributed by atoms with van der Waals surface area (Å²) in [7, 11) is 0. The maximum atomic E-state index is 14.9. The molecule has 3 N–H and O–H groups in total. The van der Waals surface area contributed by atoms with Crippen molar-refractivity contribution in [3.8, 4) is 11.5 Å². The molecule has 9 nitrogen and oxygen atoms in total. The van der Waals surface area contributed by atoms with Crippen molar-refractivity contribution in [2.24, 2.45) is 0 Å². The highest BCUT2D eigenvalue weighted by molar-refractivity contribution is 7.13. The van der Waals surface area contributed by atoms with Crippen LogP contribution in [0.1, 0.15) is 0 Å². The summed E-state index contributed by atoms with van der Waals surface area (Å²) in [4.78, 5) is 19.2. The number of nitrogens with one attached hydrogen (secondary N) is 2. The number of halogens is 1. The van der Waals surface area contributed by atoms with E-state index in [1.807, 2.05) is 16.7 Å². The van der Waals surface area contributed by atoms with Gasteiger partial charge in [-0.3, -0.25) is 0 Å². The van der Waals surface area contributed by atoms with Gasteiger partial charge in [-0.05, 0) is 41.9 Å². The second-order valence-corrected chi connectivity index (χ2v) is 7.90. The first-order valence-corrected chi connectivity index (χ1v) is 10.7. The Balaban J connectivity index is 1.39. The molecule has 166 valence electrons. The molecule has 33 heavy (non-hydrogen) atoms. The minimum Gasteiger partial charge on any atom is -0.465 e. The molecular formula is C22H17FN6O3S. The lowest BCUT2D eigenvalue weighted by Crippen LogP contribution is -2.25. The maximum Gasteiger partial charge on any atom is 0.404 e. The van der Waals surface area contributed by atoms with Crippen molar-refractivity contribution in [3.05, 3.63) is 67.0 Å². The van der Waals surface area contributed by atoms with Crippen LogP contribution in [0.15, 0.2) is 61.2 Å². The van der Waals surface area contributed by atoms with Gasteiger partial charge in [-0.2, -0.15) is 4.37 Å². The molecular weight excluding hydrogens is 447 g/mol. The average Bonchev–Trinajstić information content (AvgIpc) is 3.44. The highest BCUT2D eigenvalue weighted by atomic mass is 32.1. The van der Waals surface area contributed by atoms with Gasteiger partial charge in [0.25, 0.3) is 0 Å². The highest BCUT2D eigenvalue weighted by Gasteiger charge is 2.13. The number of carbonyl (C=O) groups is 1. The van der Waals surface area contributed by atoms with Gasteiger partial charge in [-0.1, -0.05) is 6.07 Å². The number of ether oxygens (including phenoxy) is 1. The van der Waals surface area contributed by atoms with Crippen LogP contribution in [0.3, 0.4) is 0 Å². The topological polar surface area (TPSA) is 114 Å². The van der Waals surface area contributed by atoms with E-state index in [2.05, 4.69) is 25.0 Å². The van der Waals surface area contributed by atoms with Gasteiger partial charge in [0.15, 0.2) is 17.4 Å². The van der Waals surface area contributed by atoms with Crippen LogP contribution in [0, 0.1) is 5.82 Å². The predicted octanol–water partition coefficient (Wildman–Crippen LogP) is 4.98. The molecule has 0 spiro atoms. The van der Waals surface area contributed by atoms with E-state index in [1.54, 1.807) is 36.7 Å². The van der Waals surface area contributed by atoms with Crippen molar-refractivity contribution >= 4 is 50.3 Å². The molecule has 0 atom stereocenters. The molecule has 0 saturated carbocycles. The molecule has 0 aliphatic carbocycles. The number of aromatic nitrogens is 4. The summed E-state index contributed by atoms with van der Waals surface area (Å²) in [6.45, 7) is 0.614. The summed E-state index contributed by atoms with van der Waals surface area (Å²) in [5.74, 6) is 0.565. The van der Waals surface area contributed by atoms with E-state index in [1.165, 1.54) is 23.9 Å². The summed E-state index contributed by atoms with van der Waals surface area (Å²) >= 11 is 1.35. The van der Waals surface area contributed by atoms with Crippen LogP contribution in [-0.2, 0) is 6.54 Å². The Bertz CT molecular complexity index is 1470. The van der Waals surface area contributed by atoms with Gasteiger partial charge in [-0.15, -0.1) is 0 Å². The number of fused-ring (bicyclic) bond motifs is 2. The molecule has 0 saturated heterocycles. The van der Waals surface area contributed by atoms with Crippen molar-refractivity contribution in [3.63, 3.8) is 0 Å². The number of carboxylic acid groups (broad SMARTS) is 1. The maximum absolute atomic E-state index is 14.9. The number of benzene rings is 2. The molecule has 3 heterocycles. The van der Waals surface area contributed by atoms with Crippen molar-refractivity contribution in [1.29, 1.82) is 0 Å². The molecule has 0 fully saturated rings. The van der Waals surface area contributed by atoms with E-state index in [4.69, 9.17) is 9.84 Å². The van der Waals surface area contributed by atoms with E-state index in [9.17, 15) is 9.18 Å². The molecule has 11 heteroatoms. The Morgan fingerprint density at radius 3 is 2.94 bits per heavy atom. The zero-order valence-corrected chi connectivity index (χ0v) is 17.8. The third kappa shape index (κ3) is 4.26. The highest BCUT2D eigenvalue weighted by Crippen LogP contribution is 2.34. The van der Waals surface area contributed by atoms with Gasteiger partial charge in [0.05, 0.1) is 21.8 Å². The summed E-state index contributed by atoms with van der Waals surface area (Å²) in [6, 6.07) is 11.9. The number of hydrogen-bond donors (Lipinski definition) is 3. The predicted molar refractivity (Wildman–Crippen MR) is 123 cm³/mol. The number of anilines is 2. The van der Waals surface area contributed by atoms with Crippen molar-refractivity contribution < 1.29 is 19.0 Å². The molecule has 0 aliphatic heterocycles. The molecule has 0 aliphatic rings. The van der Waals surface area contributed by atoms with E-state index >= 15 is 0 Å². The molecule has 0 radical (unpaired) electrons. The van der Waals surface area contributed by atoms with Gasteiger partial charge in [0.2, 0.25) is 0 Å². The summed E-state index contributed by atoms with van der Waals surface area (Å²) in [6.07, 6.45) is 3.81. The second kappa shape index (κ2) is 8.71. The van der Waals surface area contributed by atoms with Gasteiger partial charge in [0.1, 0.15) is 17.6 Å². The lowest BCUT2D eigenvalue weighted by molar-refractivity contribution is 0.194. The van der Waals surface area contributed by atoms with Gasteiger partial charge < -0.3 is 25.0 Å². The first-order valence-electron chi connectivity index (χ1n) is 9.93.